The molecule has 5 nitrogen and oxygen atoms in total. The molecule has 18 heavy (non-hydrogen) atoms. The zero-order valence-electron chi connectivity index (χ0n) is 9.81. The molecule has 1 aliphatic heterocycles. The number of benzene rings is 1. The van der Waals surface area contributed by atoms with Gasteiger partial charge in [0.15, 0.2) is 11.5 Å². The summed E-state index contributed by atoms with van der Waals surface area (Å²) in [5, 5.41) is 4.75. The predicted octanol–water partition coefficient (Wildman–Crippen LogP) is 2.20. The average molecular weight is 266 g/mol. The van der Waals surface area contributed by atoms with Crippen molar-refractivity contribution in [1.82, 2.24) is 9.78 Å². The van der Waals surface area contributed by atoms with Gasteiger partial charge in [0, 0.05) is 5.56 Å². The molecule has 94 valence electrons. The number of nitrogens with two attached hydrogens (primary N) is 1. The van der Waals surface area contributed by atoms with Crippen LogP contribution < -0.4 is 15.2 Å². The molecular weight excluding hydrogens is 254 g/mol. The van der Waals surface area contributed by atoms with Crippen LogP contribution in [0.1, 0.15) is 11.1 Å². The molecule has 0 atom stereocenters. The molecule has 0 spiro atoms. The van der Waals surface area contributed by atoms with Gasteiger partial charge >= 0.3 is 0 Å². The third-order valence-corrected chi connectivity index (χ3v) is 3.17. The van der Waals surface area contributed by atoms with Crippen LogP contribution in [-0.2, 0) is 6.54 Å². The SMILES string of the molecule is Cc1cnn(Cc2cc(Cl)c3c(c2)OCO3)c1N. The van der Waals surface area contributed by atoms with Crippen LogP contribution in [0.5, 0.6) is 11.5 Å². The standard InChI is InChI=1S/C12H12ClN3O2/c1-7-4-15-16(12(7)14)5-8-2-9(13)11-10(3-8)17-6-18-11/h2-4H,5-6,14H2,1H3. The Morgan fingerprint density at radius 1 is 1.44 bits per heavy atom. The number of aromatic nitrogens is 2. The molecule has 0 aliphatic carbocycles. The molecule has 1 aliphatic rings. The summed E-state index contributed by atoms with van der Waals surface area (Å²) in [5.74, 6) is 1.92. The minimum atomic E-state index is 0.210. The quantitative estimate of drug-likeness (QED) is 0.904. The Labute approximate surface area is 109 Å². The summed E-state index contributed by atoms with van der Waals surface area (Å²) in [6, 6.07) is 3.73. The van der Waals surface area contributed by atoms with Crippen molar-refractivity contribution >= 4 is 17.4 Å². The minimum absolute atomic E-state index is 0.210. The second-order valence-corrected chi connectivity index (χ2v) is 4.59. The molecule has 2 N–H and O–H groups in total. The fourth-order valence-corrected chi connectivity index (χ4v) is 2.19. The van der Waals surface area contributed by atoms with Crippen molar-refractivity contribution in [3.05, 3.63) is 34.5 Å². The lowest BCUT2D eigenvalue weighted by Gasteiger charge is -2.07. The van der Waals surface area contributed by atoms with E-state index in [1.165, 1.54) is 0 Å². The van der Waals surface area contributed by atoms with Crippen molar-refractivity contribution in [1.29, 1.82) is 0 Å². The predicted molar refractivity (Wildman–Crippen MR) is 68.1 cm³/mol. The van der Waals surface area contributed by atoms with Crippen molar-refractivity contribution in [3.8, 4) is 11.5 Å². The van der Waals surface area contributed by atoms with Gasteiger partial charge in [-0.15, -0.1) is 0 Å². The van der Waals surface area contributed by atoms with E-state index in [1.54, 1.807) is 10.9 Å². The third-order valence-electron chi connectivity index (χ3n) is 2.89. The summed E-state index contributed by atoms with van der Waals surface area (Å²) in [6.07, 6.45) is 1.74. The van der Waals surface area contributed by atoms with Crippen LogP contribution in [0.3, 0.4) is 0 Å². The van der Waals surface area contributed by atoms with E-state index in [4.69, 9.17) is 26.8 Å². The summed E-state index contributed by atoms with van der Waals surface area (Å²) < 4.78 is 12.3. The first-order valence-electron chi connectivity index (χ1n) is 5.51. The molecule has 0 unspecified atom stereocenters. The highest BCUT2D eigenvalue weighted by Gasteiger charge is 2.18. The molecule has 3 rings (SSSR count). The van der Waals surface area contributed by atoms with Gasteiger partial charge < -0.3 is 15.2 Å². The highest BCUT2D eigenvalue weighted by Crippen LogP contribution is 2.39. The summed E-state index contributed by atoms with van der Waals surface area (Å²) in [5.41, 5.74) is 7.84. The summed E-state index contributed by atoms with van der Waals surface area (Å²) in [7, 11) is 0. The van der Waals surface area contributed by atoms with Crippen molar-refractivity contribution in [2.75, 3.05) is 12.5 Å². The molecule has 1 aromatic carbocycles. The first-order chi connectivity index (χ1) is 8.65. The van der Waals surface area contributed by atoms with Gasteiger partial charge in [-0.05, 0) is 24.6 Å². The van der Waals surface area contributed by atoms with E-state index >= 15 is 0 Å². The molecule has 0 radical (unpaired) electrons. The first kappa shape index (κ1) is 11.2. The third kappa shape index (κ3) is 1.76. The Morgan fingerprint density at radius 3 is 3.00 bits per heavy atom. The zero-order valence-corrected chi connectivity index (χ0v) is 10.6. The first-order valence-corrected chi connectivity index (χ1v) is 5.89. The van der Waals surface area contributed by atoms with Gasteiger partial charge in [-0.3, -0.25) is 0 Å². The number of nitrogens with zero attached hydrogens (tertiary/aromatic N) is 2. The fraction of sp³-hybridized carbons (Fsp3) is 0.250. The minimum Gasteiger partial charge on any atom is -0.454 e. The number of rotatable bonds is 2. The molecular formula is C12H12ClN3O2. The lowest BCUT2D eigenvalue weighted by Crippen LogP contribution is -2.06. The van der Waals surface area contributed by atoms with Gasteiger partial charge in [0.1, 0.15) is 5.82 Å². The normalized spacial score (nSPS) is 13.0. The lowest BCUT2D eigenvalue weighted by atomic mass is 10.2. The van der Waals surface area contributed by atoms with E-state index in [2.05, 4.69) is 5.10 Å². The van der Waals surface area contributed by atoms with Crippen LogP contribution in [0.15, 0.2) is 18.3 Å². The number of halogens is 1. The van der Waals surface area contributed by atoms with E-state index in [9.17, 15) is 0 Å². The Morgan fingerprint density at radius 2 is 2.28 bits per heavy atom. The van der Waals surface area contributed by atoms with Gasteiger partial charge in [-0.25, -0.2) is 4.68 Å². The summed E-state index contributed by atoms with van der Waals surface area (Å²) in [6.45, 7) is 2.68. The lowest BCUT2D eigenvalue weighted by molar-refractivity contribution is 0.174. The van der Waals surface area contributed by atoms with E-state index in [0.717, 1.165) is 11.1 Å². The molecule has 0 fully saturated rings. The number of anilines is 1. The molecule has 2 heterocycles. The molecule has 0 saturated carbocycles. The molecule has 2 aromatic rings. The maximum absolute atomic E-state index is 6.12. The summed E-state index contributed by atoms with van der Waals surface area (Å²) >= 11 is 6.12. The Kier molecular flexibility index (Phi) is 2.56. The van der Waals surface area contributed by atoms with Crippen molar-refractivity contribution < 1.29 is 9.47 Å². The van der Waals surface area contributed by atoms with Crippen LogP contribution in [0.2, 0.25) is 5.02 Å². The molecule has 6 heteroatoms. The Balaban J connectivity index is 1.94. The van der Waals surface area contributed by atoms with E-state index in [0.29, 0.717) is 28.9 Å². The molecule has 0 saturated heterocycles. The maximum Gasteiger partial charge on any atom is 0.231 e. The highest BCUT2D eigenvalue weighted by atomic mass is 35.5. The van der Waals surface area contributed by atoms with E-state index in [-0.39, 0.29) is 6.79 Å². The molecule has 0 bridgehead atoms. The topological polar surface area (TPSA) is 62.3 Å². The smallest absolute Gasteiger partial charge is 0.231 e. The number of hydrogen-bond donors (Lipinski definition) is 1. The van der Waals surface area contributed by atoms with Crippen molar-refractivity contribution in [2.24, 2.45) is 0 Å². The summed E-state index contributed by atoms with van der Waals surface area (Å²) in [4.78, 5) is 0. The van der Waals surface area contributed by atoms with Gasteiger partial charge in [0.25, 0.3) is 0 Å². The van der Waals surface area contributed by atoms with Crippen LogP contribution in [0.4, 0.5) is 5.82 Å². The van der Waals surface area contributed by atoms with Crippen molar-refractivity contribution in [2.45, 2.75) is 13.5 Å². The van der Waals surface area contributed by atoms with E-state index < -0.39 is 0 Å². The second-order valence-electron chi connectivity index (χ2n) is 4.18. The largest absolute Gasteiger partial charge is 0.454 e. The number of hydrogen-bond acceptors (Lipinski definition) is 4. The zero-order chi connectivity index (χ0) is 12.7. The number of nitrogen functional groups attached to an aromatic ring is 1. The number of fused-ring (bicyclic) bond motifs is 1. The maximum atomic E-state index is 6.12. The number of ether oxygens (including phenoxy) is 2. The Bertz CT molecular complexity index is 610. The number of aryl methyl sites for hydroxylation is 1. The van der Waals surface area contributed by atoms with Gasteiger partial charge in [-0.1, -0.05) is 11.6 Å². The van der Waals surface area contributed by atoms with Gasteiger partial charge in [0.05, 0.1) is 17.8 Å². The van der Waals surface area contributed by atoms with E-state index in [1.807, 2.05) is 19.1 Å². The average Bonchev–Trinajstić information content (AvgIpc) is 2.91. The van der Waals surface area contributed by atoms with Crippen molar-refractivity contribution in [3.63, 3.8) is 0 Å². The van der Waals surface area contributed by atoms with Gasteiger partial charge in [0.2, 0.25) is 6.79 Å². The van der Waals surface area contributed by atoms with Crippen LogP contribution >= 0.6 is 11.6 Å². The molecule has 0 amide bonds. The monoisotopic (exact) mass is 265 g/mol. The van der Waals surface area contributed by atoms with Crippen LogP contribution in [-0.4, -0.2) is 16.6 Å². The highest BCUT2D eigenvalue weighted by molar-refractivity contribution is 6.32. The van der Waals surface area contributed by atoms with Crippen LogP contribution in [0.25, 0.3) is 0 Å². The second kappa shape index (κ2) is 4.10. The van der Waals surface area contributed by atoms with Crippen LogP contribution in [0, 0.1) is 6.92 Å². The Hall–Kier alpha value is -1.88. The fourth-order valence-electron chi connectivity index (χ4n) is 1.90. The van der Waals surface area contributed by atoms with Gasteiger partial charge in [-0.2, -0.15) is 5.10 Å². The molecule has 1 aromatic heterocycles.